The molecule has 1 aliphatic rings. The smallest absolute Gasteiger partial charge is 0.259 e. The first-order valence-corrected chi connectivity index (χ1v) is 8.52. The zero-order chi connectivity index (χ0) is 16.5. The lowest BCUT2D eigenvalue weighted by atomic mass is 10.1. The molecule has 0 unspecified atom stereocenters. The number of aliphatic imine (C=N–C) groups is 1. The molecule has 0 saturated heterocycles. The summed E-state index contributed by atoms with van der Waals surface area (Å²) in [5.74, 6) is 0.669. The van der Waals surface area contributed by atoms with Gasteiger partial charge in [0, 0.05) is 11.3 Å². The van der Waals surface area contributed by atoms with Gasteiger partial charge in [0.15, 0.2) is 5.17 Å². The minimum absolute atomic E-state index is 0.223. The van der Waals surface area contributed by atoms with Crippen LogP contribution in [0.25, 0.3) is 22.4 Å². The van der Waals surface area contributed by atoms with Crippen molar-refractivity contribution >= 4 is 33.9 Å². The van der Waals surface area contributed by atoms with E-state index < -0.39 is 0 Å². The Hall–Kier alpha value is -2.67. The Labute approximate surface area is 142 Å². The summed E-state index contributed by atoms with van der Waals surface area (Å²) in [7, 11) is 0. The fraction of sp³-hybridized carbons (Fsp3) is 0.176. The maximum atomic E-state index is 12.7. The Balaban J connectivity index is 1.82. The fourth-order valence-electron chi connectivity index (χ4n) is 2.61. The van der Waals surface area contributed by atoms with Crippen LogP contribution >= 0.6 is 11.8 Å². The topological polar surface area (TPSA) is 80.4 Å². The number of nitrogens with zero attached hydrogens (tertiary/aromatic N) is 3. The number of rotatable bonds is 2. The van der Waals surface area contributed by atoms with E-state index in [2.05, 4.69) is 20.4 Å². The molecule has 1 amide bonds. The van der Waals surface area contributed by atoms with Gasteiger partial charge in [-0.15, -0.1) is 0 Å². The highest BCUT2D eigenvalue weighted by Crippen LogP contribution is 2.27. The number of aromatic nitrogens is 2. The second-order valence-electron chi connectivity index (χ2n) is 5.36. The van der Waals surface area contributed by atoms with Crippen molar-refractivity contribution in [1.29, 1.82) is 0 Å². The summed E-state index contributed by atoms with van der Waals surface area (Å²) in [6, 6.07) is 11.4. The Morgan fingerprint density at radius 1 is 1.29 bits per heavy atom. The first-order valence-electron chi connectivity index (χ1n) is 7.53. The van der Waals surface area contributed by atoms with Gasteiger partial charge in [0.05, 0.1) is 28.9 Å². The summed E-state index contributed by atoms with van der Waals surface area (Å²) in [6.45, 7) is 2.53. The maximum Gasteiger partial charge on any atom is 0.259 e. The Morgan fingerprint density at radius 2 is 2.12 bits per heavy atom. The largest absolute Gasteiger partial charge is 0.335 e. The number of pyridine rings is 1. The number of carbonyl (C=O) groups excluding carboxylic acids is 1. The molecule has 0 saturated carbocycles. The van der Waals surface area contributed by atoms with Crippen LogP contribution in [0.15, 0.2) is 45.9 Å². The molecule has 0 bridgehead atoms. The lowest BCUT2D eigenvalue weighted by molar-refractivity contribution is 0.0979. The van der Waals surface area contributed by atoms with Crippen LogP contribution in [0.4, 0.5) is 0 Å². The third-order valence-corrected chi connectivity index (χ3v) is 4.63. The van der Waals surface area contributed by atoms with Gasteiger partial charge >= 0.3 is 0 Å². The molecule has 3 heterocycles. The van der Waals surface area contributed by atoms with Crippen molar-refractivity contribution < 1.29 is 9.32 Å². The van der Waals surface area contributed by atoms with Crippen LogP contribution < -0.4 is 5.32 Å². The van der Waals surface area contributed by atoms with Gasteiger partial charge in [-0.1, -0.05) is 47.3 Å². The molecule has 1 aromatic carbocycles. The van der Waals surface area contributed by atoms with Gasteiger partial charge in [0.2, 0.25) is 0 Å². The number of amidine groups is 1. The van der Waals surface area contributed by atoms with Crippen molar-refractivity contribution in [2.45, 2.75) is 6.92 Å². The summed E-state index contributed by atoms with van der Waals surface area (Å²) in [5.41, 5.74) is 3.08. The van der Waals surface area contributed by atoms with Gasteiger partial charge in [-0.2, -0.15) is 0 Å². The monoisotopic (exact) mass is 338 g/mol. The summed E-state index contributed by atoms with van der Waals surface area (Å²) in [4.78, 5) is 21.5. The molecule has 1 N–H and O–H groups in total. The molecule has 3 aromatic rings. The Bertz CT molecular complexity index is 950. The molecule has 4 rings (SSSR count). The van der Waals surface area contributed by atoms with Crippen LogP contribution in [0, 0.1) is 6.92 Å². The van der Waals surface area contributed by atoms with E-state index >= 15 is 0 Å². The van der Waals surface area contributed by atoms with Crippen molar-refractivity contribution in [1.82, 2.24) is 15.5 Å². The van der Waals surface area contributed by atoms with Gasteiger partial charge in [0.1, 0.15) is 0 Å². The molecule has 0 fully saturated rings. The summed E-state index contributed by atoms with van der Waals surface area (Å²) < 4.78 is 5.30. The van der Waals surface area contributed by atoms with Crippen molar-refractivity contribution in [2.24, 2.45) is 4.99 Å². The minimum Gasteiger partial charge on any atom is -0.335 e. The number of benzene rings is 1. The molecule has 0 aliphatic carbocycles. The number of fused-ring (bicyclic) bond motifs is 1. The highest BCUT2D eigenvalue weighted by Gasteiger charge is 2.21. The van der Waals surface area contributed by atoms with E-state index in [-0.39, 0.29) is 5.91 Å². The summed E-state index contributed by atoms with van der Waals surface area (Å²) in [6.07, 6.45) is 0. The lowest BCUT2D eigenvalue weighted by Gasteiger charge is -2.07. The molecule has 2 aromatic heterocycles. The number of thioether (sulfide) groups is 1. The normalized spacial score (nSPS) is 14.0. The van der Waals surface area contributed by atoms with E-state index in [4.69, 9.17) is 4.52 Å². The SMILES string of the molecule is Cc1noc2nc(-c3ccccc3)cc(C(=O)NC3=NCCS3)c12. The van der Waals surface area contributed by atoms with E-state index in [0.29, 0.717) is 33.2 Å². The van der Waals surface area contributed by atoms with E-state index in [0.717, 1.165) is 17.9 Å². The highest BCUT2D eigenvalue weighted by atomic mass is 32.2. The van der Waals surface area contributed by atoms with Crippen LogP contribution in [-0.4, -0.2) is 33.5 Å². The van der Waals surface area contributed by atoms with Gasteiger partial charge in [-0.25, -0.2) is 4.98 Å². The third kappa shape index (κ3) is 2.67. The minimum atomic E-state index is -0.223. The second kappa shape index (κ2) is 6.09. The van der Waals surface area contributed by atoms with Crippen molar-refractivity contribution in [3.05, 3.63) is 47.7 Å². The van der Waals surface area contributed by atoms with Crippen molar-refractivity contribution in [3.8, 4) is 11.3 Å². The maximum absolute atomic E-state index is 12.7. The molecule has 120 valence electrons. The summed E-state index contributed by atoms with van der Waals surface area (Å²) in [5, 5.41) is 8.10. The Kier molecular flexibility index (Phi) is 3.78. The molecule has 7 heteroatoms. The zero-order valence-electron chi connectivity index (χ0n) is 12.9. The van der Waals surface area contributed by atoms with Crippen LogP contribution in [0.5, 0.6) is 0 Å². The van der Waals surface area contributed by atoms with Crippen LogP contribution in [0.1, 0.15) is 16.1 Å². The average Bonchev–Trinajstić information content (AvgIpc) is 3.25. The van der Waals surface area contributed by atoms with Gasteiger partial charge < -0.3 is 9.84 Å². The predicted octanol–water partition coefficient (Wildman–Crippen LogP) is 3.03. The van der Waals surface area contributed by atoms with E-state index in [1.54, 1.807) is 24.8 Å². The summed E-state index contributed by atoms with van der Waals surface area (Å²) >= 11 is 1.54. The number of amides is 1. The zero-order valence-corrected chi connectivity index (χ0v) is 13.8. The molecule has 0 radical (unpaired) electrons. The fourth-order valence-corrected chi connectivity index (χ4v) is 3.33. The van der Waals surface area contributed by atoms with Crippen molar-refractivity contribution in [2.75, 3.05) is 12.3 Å². The lowest BCUT2D eigenvalue weighted by Crippen LogP contribution is -2.27. The Morgan fingerprint density at radius 3 is 2.88 bits per heavy atom. The number of hydrogen-bond donors (Lipinski definition) is 1. The molecule has 6 nitrogen and oxygen atoms in total. The van der Waals surface area contributed by atoms with E-state index in [1.807, 2.05) is 30.3 Å². The quantitative estimate of drug-likeness (QED) is 0.777. The van der Waals surface area contributed by atoms with Crippen LogP contribution in [0.3, 0.4) is 0 Å². The molecule has 24 heavy (non-hydrogen) atoms. The van der Waals surface area contributed by atoms with Crippen molar-refractivity contribution in [3.63, 3.8) is 0 Å². The first-order chi connectivity index (χ1) is 11.7. The number of carbonyl (C=O) groups is 1. The molecular formula is C17H14N4O2S. The van der Waals surface area contributed by atoms with Gasteiger partial charge in [-0.3, -0.25) is 9.79 Å². The number of nitrogens with one attached hydrogen (secondary N) is 1. The average molecular weight is 338 g/mol. The van der Waals surface area contributed by atoms with E-state index in [1.165, 1.54) is 0 Å². The number of aryl methyl sites for hydroxylation is 1. The highest BCUT2D eigenvalue weighted by molar-refractivity contribution is 8.14. The molecule has 1 aliphatic heterocycles. The standard InChI is InChI=1S/C17H14N4O2S/c1-10-14-12(15(22)20-17-18-7-8-24-17)9-13(19-16(14)23-21-10)11-5-3-2-4-6-11/h2-6,9H,7-8H2,1H3,(H,18,20,22). The molecular weight excluding hydrogens is 324 g/mol. The third-order valence-electron chi connectivity index (χ3n) is 3.74. The predicted molar refractivity (Wildman–Crippen MR) is 94.2 cm³/mol. The second-order valence-corrected chi connectivity index (χ2v) is 6.44. The molecule has 0 spiro atoms. The van der Waals surface area contributed by atoms with Crippen LogP contribution in [-0.2, 0) is 0 Å². The van der Waals surface area contributed by atoms with Gasteiger partial charge in [-0.05, 0) is 13.0 Å². The molecule has 0 atom stereocenters. The van der Waals surface area contributed by atoms with E-state index in [9.17, 15) is 4.79 Å². The van der Waals surface area contributed by atoms with Gasteiger partial charge in [0.25, 0.3) is 11.6 Å². The number of hydrogen-bond acceptors (Lipinski definition) is 6. The first kappa shape index (κ1) is 14.9. The van der Waals surface area contributed by atoms with Crippen LogP contribution in [0.2, 0.25) is 0 Å².